The zero-order valence-corrected chi connectivity index (χ0v) is 14.8. The number of phenolic OH excluding ortho intramolecular Hbond substituents is 1. The van der Waals surface area contributed by atoms with Gasteiger partial charge in [-0.15, -0.1) is 0 Å². The highest BCUT2D eigenvalue weighted by atomic mass is 16.6. The van der Waals surface area contributed by atoms with Gasteiger partial charge in [0.15, 0.2) is 0 Å². The Kier molecular flexibility index (Phi) is 4.42. The highest BCUT2D eigenvalue weighted by Crippen LogP contribution is 2.35. The number of aromatic nitrogens is 1. The molecule has 1 N–H and O–H groups in total. The Morgan fingerprint density at radius 3 is 2.62 bits per heavy atom. The number of nitrogens with zero attached hydrogens (tertiary/aromatic N) is 3. The van der Waals surface area contributed by atoms with Gasteiger partial charge >= 0.3 is 5.69 Å². The van der Waals surface area contributed by atoms with Crippen LogP contribution in [0.1, 0.15) is 31.9 Å². The van der Waals surface area contributed by atoms with Crippen molar-refractivity contribution in [2.45, 2.75) is 26.2 Å². The predicted molar refractivity (Wildman–Crippen MR) is 102 cm³/mol. The summed E-state index contributed by atoms with van der Waals surface area (Å²) in [5.74, 6) is -0.389. The van der Waals surface area contributed by atoms with Gasteiger partial charge in [0.25, 0.3) is 0 Å². The minimum absolute atomic E-state index is 0.303. The normalized spacial score (nSPS) is 12.0. The number of aliphatic imine (C=N–C) groups is 1. The molecule has 0 amide bonds. The quantitative estimate of drug-likeness (QED) is 0.414. The fraction of sp³-hybridized carbons (Fsp3) is 0.200. The van der Waals surface area contributed by atoms with E-state index in [4.69, 9.17) is 0 Å². The first-order valence-corrected chi connectivity index (χ1v) is 8.17. The Balaban J connectivity index is 2.13. The lowest BCUT2D eigenvalue weighted by Crippen LogP contribution is -2.12. The van der Waals surface area contributed by atoms with Crippen molar-refractivity contribution in [3.8, 4) is 5.75 Å². The number of pyridine rings is 1. The molecule has 0 saturated carbocycles. The van der Waals surface area contributed by atoms with Gasteiger partial charge in [-0.1, -0.05) is 39.0 Å². The van der Waals surface area contributed by atoms with Crippen LogP contribution in [0, 0.1) is 10.1 Å². The summed E-state index contributed by atoms with van der Waals surface area (Å²) in [6, 6.07) is 12.5. The van der Waals surface area contributed by atoms with E-state index in [1.54, 1.807) is 12.3 Å². The third kappa shape index (κ3) is 3.39. The molecule has 0 atom stereocenters. The number of benzene rings is 2. The molecule has 26 heavy (non-hydrogen) atoms. The van der Waals surface area contributed by atoms with Crippen LogP contribution in [0.2, 0.25) is 0 Å². The van der Waals surface area contributed by atoms with E-state index in [1.807, 2.05) is 51.1 Å². The molecule has 1 heterocycles. The van der Waals surface area contributed by atoms with Crippen molar-refractivity contribution in [1.29, 1.82) is 0 Å². The van der Waals surface area contributed by atoms with Crippen molar-refractivity contribution in [3.05, 3.63) is 69.9 Å². The van der Waals surface area contributed by atoms with Crippen LogP contribution in [0.15, 0.2) is 53.7 Å². The van der Waals surface area contributed by atoms with E-state index in [-0.39, 0.29) is 16.9 Å². The molecule has 2 aromatic carbocycles. The van der Waals surface area contributed by atoms with Gasteiger partial charge in [0.05, 0.1) is 16.1 Å². The van der Waals surface area contributed by atoms with Gasteiger partial charge in [0, 0.05) is 29.4 Å². The maximum absolute atomic E-state index is 11.3. The highest BCUT2D eigenvalue weighted by Gasteiger charge is 2.23. The molecule has 3 rings (SSSR count). The van der Waals surface area contributed by atoms with Gasteiger partial charge in [-0.25, -0.2) is 0 Å². The Labute approximate surface area is 151 Å². The Morgan fingerprint density at radius 2 is 1.92 bits per heavy atom. The van der Waals surface area contributed by atoms with Gasteiger partial charge in [-0.2, -0.15) is 0 Å². The second kappa shape index (κ2) is 6.55. The van der Waals surface area contributed by atoms with E-state index >= 15 is 0 Å². The third-order valence-corrected chi connectivity index (χ3v) is 4.14. The summed E-state index contributed by atoms with van der Waals surface area (Å²) >= 11 is 0. The first kappa shape index (κ1) is 17.5. The molecule has 132 valence electrons. The number of phenols is 1. The van der Waals surface area contributed by atoms with Gasteiger partial charge in [-0.3, -0.25) is 20.1 Å². The molecule has 0 unspecified atom stereocenters. The van der Waals surface area contributed by atoms with E-state index in [9.17, 15) is 15.2 Å². The topological polar surface area (TPSA) is 88.6 Å². The van der Waals surface area contributed by atoms with Crippen molar-refractivity contribution < 1.29 is 10.0 Å². The molecule has 3 aromatic rings. The maximum Gasteiger partial charge on any atom is 0.311 e. The number of hydrogen-bond acceptors (Lipinski definition) is 5. The van der Waals surface area contributed by atoms with E-state index in [1.165, 1.54) is 12.3 Å². The van der Waals surface area contributed by atoms with Gasteiger partial charge in [-0.05, 0) is 29.2 Å². The summed E-state index contributed by atoms with van der Waals surface area (Å²) in [4.78, 5) is 19.5. The number of hydrogen-bond donors (Lipinski definition) is 1. The summed E-state index contributed by atoms with van der Waals surface area (Å²) < 4.78 is 0. The first-order valence-electron chi connectivity index (χ1n) is 8.17. The number of fused-ring (bicyclic) bond motifs is 1. The van der Waals surface area contributed by atoms with Crippen molar-refractivity contribution in [2.75, 3.05) is 0 Å². The van der Waals surface area contributed by atoms with Crippen molar-refractivity contribution in [1.82, 2.24) is 4.98 Å². The standard InChI is InChI=1S/C20H19N3O3/c1-20(2,3)15-10-14(19(24)17(11-15)23(25)26)12-22-16-8-4-6-13-7-5-9-21-18(13)16/h4-12,24H,1-3H3. The lowest BCUT2D eigenvalue weighted by molar-refractivity contribution is -0.386. The average Bonchev–Trinajstić information content (AvgIpc) is 2.59. The number of nitro groups is 1. The zero-order chi connectivity index (χ0) is 18.9. The van der Waals surface area contributed by atoms with Crippen LogP contribution in [-0.2, 0) is 5.41 Å². The van der Waals surface area contributed by atoms with Gasteiger partial charge < -0.3 is 5.11 Å². The molecule has 1 aromatic heterocycles. The van der Waals surface area contributed by atoms with E-state index in [0.717, 1.165) is 16.5 Å². The van der Waals surface area contributed by atoms with Crippen molar-refractivity contribution in [3.63, 3.8) is 0 Å². The predicted octanol–water partition coefficient (Wildman–Crippen LogP) is 4.90. The van der Waals surface area contributed by atoms with E-state index in [0.29, 0.717) is 11.3 Å². The lowest BCUT2D eigenvalue weighted by Gasteiger charge is -2.19. The van der Waals surface area contributed by atoms with Crippen molar-refractivity contribution >= 4 is 28.5 Å². The Morgan fingerprint density at radius 1 is 1.19 bits per heavy atom. The van der Waals surface area contributed by atoms with Crippen molar-refractivity contribution in [2.24, 2.45) is 4.99 Å². The summed E-state index contributed by atoms with van der Waals surface area (Å²) in [7, 11) is 0. The molecule has 0 saturated heterocycles. The molecule has 0 fully saturated rings. The Bertz CT molecular complexity index is 1020. The van der Waals surface area contributed by atoms with Gasteiger partial charge in [0.2, 0.25) is 5.75 Å². The van der Waals surface area contributed by atoms with Crippen LogP contribution in [-0.4, -0.2) is 21.2 Å². The second-order valence-electron chi connectivity index (χ2n) is 7.05. The second-order valence-corrected chi connectivity index (χ2v) is 7.05. The highest BCUT2D eigenvalue weighted by molar-refractivity contribution is 5.94. The summed E-state index contributed by atoms with van der Waals surface area (Å²) in [5.41, 5.74) is 1.78. The van der Waals surface area contributed by atoms with E-state index < -0.39 is 4.92 Å². The lowest BCUT2D eigenvalue weighted by atomic mass is 9.85. The fourth-order valence-corrected chi connectivity index (χ4v) is 2.64. The number of rotatable bonds is 3. The SMILES string of the molecule is CC(C)(C)c1cc(C=Nc2cccc3cccnc23)c(O)c([N+](=O)[O-])c1. The number of nitro benzene ring substituents is 1. The molecule has 0 aliphatic rings. The minimum Gasteiger partial charge on any atom is -0.502 e. The molecule has 0 radical (unpaired) electrons. The molecule has 0 aliphatic carbocycles. The zero-order valence-electron chi connectivity index (χ0n) is 14.8. The molecular formula is C20H19N3O3. The van der Waals surface area contributed by atoms with Crippen LogP contribution in [0.4, 0.5) is 11.4 Å². The maximum atomic E-state index is 11.3. The monoisotopic (exact) mass is 349 g/mol. The molecule has 0 aliphatic heterocycles. The fourth-order valence-electron chi connectivity index (χ4n) is 2.64. The van der Waals surface area contributed by atoms with E-state index in [2.05, 4.69) is 9.98 Å². The summed E-state index contributed by atoms with van der Waals surface area (Å²) in [5, 5.41) is 22.5. The summed E-state index contributed by atoms with van der Waals surface area (Å²) in [6.45, 7) is 5.87. The molecule has 6 heteroatoms. The molecule has 0 spiro atoms. The largest absolute Gasteiger partial charge is 0.502 e. The summed E-state index contributed by atoms with van der Waals surface area (Å²) in [6.07, 6.45) is 3.13. The van der Waals surface area contributed by atoms with Crippen LogP contribution in [0.5, 0.6) is 5.75 Å². The Hall–Kier alpha value is -3.28. The molecule has 6 nitrogen and oxygen atoms in total. The van der Waals surface area contributed by atoms with Crippen LogP contribution in [0.3, 0.4) is 0 Å². The smallest absolute Gasteiger partial charge is 0.311 e. The number of aromatic hydroxyl groups is 1. The third-order valence-electron chi connectivity index (χ3n) is 4.14. The average molecular weight is 349 g/mol. The van der Waals surface area contributed by atoms with Crippen LogP contribution in [0.25, 0.3) is 10.9 Å². The molecule has 0 bridgehead atoms. The minimum atomic E-state index is -0.582. The molecular weight excluding hydrogens is 330 g/mol. The van der Waals surface area contributed by atoms with Gasteiger partial charge in [0.1, 0.15) is 0 Å². The number of para-hydroxylation sites is 1. The van der Waals surface area contributed by atoms with Crippen LogP contribution < -0.4 is 0 Å². The van der Waals surface area contributed by atoms with Crippen LogP contribution >= 0.6 is 0 Å². The first-order chi connectivity index (χ1) is 12.3.